The van der Waals surface area contributed by atoms with Gasteiger partial charge in [0, 0.05) is 12.6 Å². The molecule has 0 radical (unpaired) electrons. The van der Waals surface area contributed by atoms with E-state index >= 15 is 0 Å². The zero-order valence-electron chi connectivity index (χ0n) is 13.2. The first-order chi connectivity index (χ1) is 10.4. The molecule has 0 bridgehead atoms. The largest absolute Gasteiger partial charge is 0.348 e. The van der Waals surface area contributed by atoms with Gasteiger partial charge in [0.2, 0.25) is 5.82 Å². The lowest BCUT2D eigenvalue weighted by molar-refractivity contribution is 0.0933. The van der Waals surface area contributed by atoms with E-state index in [9.17, 15) is 4.79 Å². The third kappa shape index (κ3) is 3.64. The van der Waals surface area contributed by atoms with E-state index in [1.54, 1.807) is 17.7 Å². The van der Waals surface area contributed by atoms with Crippen LogP contribution in [0.5, 0.6) is 0 Å². The molecule has 0 aliphatic heterocycles. The molecule has 2 aromatic rings. The third-order valence-electron chi connectivity index (χ3n) is 3.49. The number of aryl methyl sites for hydroxylation is 1. The van der Waals surface area contributed by atoms with Crippen molar-refractivity contribution in [2.24, 2.45) is 0 Å². The minimum Gasteiger partial charge on any atom is -0.348 e. The summed E-state index contributed by atoms with van der Waals surface area (Å²) in [6, 6.07) is 7.54. The molecule has 1 atom stereocenters. The number of aromatic nitrogens is 3. The lowest BCUT2D eigenvalue weighted by atomic mass is 10.3. The molecule has 1 aromatic heterocycles. The summed E-state index contributed by atoms with van der Waals surface area (Å²) in [7, 11) is 3.93. The van der Waals surface area contributed by atoms with Gasteiger partial charge in [0.25, 0.3) is 5.91 Å². The first-order valence-electron chi connectivity index (χ1n) is 7.03. The number of rotatable bonds is 5. The van der Waals surface area contributed by atoms with Gasteiger partial charge in [0.15, 0.2) is 0 Å². The van der Waals surface area contributed by atoms with Gasteiger partial charge in [-0.2, -0.15) is 0 Å². The quantitative estimate of drug-likeness (QED) is 0.913. The van der Waals surface area contributed by atoms with Crippen LogP contribution in [0.4, 0.5) is 0 Å². The molecule has 0 spiro atoms. The minimum absolute atomic E-state index is 0.142. The van der Waals surface area contributed by atoms with Crippen LogP contribution in [0.3, 0.4) is 0 Å². The fourth-order valence-corrected chi connectivity index (χ4v) is 2.06. The normalized spacial score (nSPS) is 12.5. The Morgan fingerprint density at radius 2 is 2.09 bits per heavy atom. The van der Waals surface area contributed by atoms with E-state index in [1.807, 2.05) is 44.1 Å². The summed E-state index contributed by atoms with van der Waals surface area (Å²) in [6.45, 7) is 4.35. The number of amides is 1. The number of likely N-dealkylation sites (N-methyl/N-ethyl adjacent to an activating group) is 1. The SMILES string of the molecule is Cc1nc(C(=O)NCC(C)N(C)C)nn1-c1ccccc1Cl. The molecule has 0 aliphatic carbocycles. The second kappa shape index (κ2) is 6.89. The van der Waals surface area contributed by atoms with Gasteiger partial charge in [-0.1, -0.05) is 23.7 Å². The Balaban J connectivity index is 2.16. The summed E-state index contributed by atoms with van der Waals surface area (Å²) in [6.07, 6.45) is 0. The maximum atomic E-state index is 12.2. The van der Waals surface area contributed by atoms with Crippen LogP contribution < -0.4 is 5.32 Å². The highest BCUT2D eigenvalue weighted by molar-refractivity contribution is 6.32. The molecule has 1 unspecified atom stereocenters. The number of benzene rings is 1. The van der Waals surface area contributed by atoms with Gasteiger partial charge in [0.05, 0.1) is 10.7 Å². The number of hydrogen-bond donors (Lipinski definition) is 1. The molecule has 0 saturated heterocycles. The Labute approximate surface area is 135 Å². The Morgan fingerprint density at radius 3 is 2.73 bits per heavy atom. The van der Waals surface area contributed by atoms with Crippen molar-refractivity contribution in [3.8, 4) is 5.69 Å². The number of carbonyl (C=O) groups is 1. The lowest BCUT2D eigenvalue weighted by Crippen LogP contribution is -2.38. The summed E-state index contributed by atoms with van der Waals surface area (Å²) in [5.74, 6) is 0.463. The smallest absolute Gasteiger partial charge is 0.291 e. The van der Waals surface area contributed by atoms with Crippen LogP contribution in [-0.2, 0) is 0 Å². The topological polar surface area (TPSA) is 63.1 Å². The minimum atomic E-state index is -0.289. The second-order valence-electron chi connectivity index (χ2n) is 5.37. The molecule has 0 fully saturated rings. The predicted molar refractivity (Wildman–Crippen MR) is 86.6 cm³/mol. The van der Waals surface area contributed by atoms with Crippen molar-refractivity contribution >= 4 is 17.5 Å². The van der Waals surface area contributed by atoms with Crippen LogP contribution in [-0.4, -0.2) is 52.3 Å². The molecule has 1 amide bonds. The van der Waals surface area contributed by atoms with E-state index < -0.39 is 0 Å². The zero-order chi connectivity index (χ0) is 16.3. The highest BCUT2D eigenvalue weighted by Crippen LogP contribution is 2.20. The zero-order valence-corrected chi connectivity index (χ0v) is 13.9. The summed E-state index contributed by atoms with van der Waals surface area (Å²) < 4.78 is 1.58. The molecule has 6 nitrogen and oxygen atoms in total. The summed E-state index contributed by atoms with van der Waals surface area (Å²) in [4.78, 5) is 18.4. The van der Waals surface area contributed by atoms with Crippen LogP contribution >= 0.6 is 11.6 Å². The van der Waals surface area contributed by atoms with Crippen molar-refractivity contribution in [1.82, 2.24) is 25.0 Å². The number of halogens is 1. The Bertz CT molecular complexity index is 668. The Morgan fingerprint density at radius 1 is 1.41 bits per heavy atom. The van der Waals surface area contributed by atoms with Crippen molar-refractivity contribution in [3.63, 3.8) is 0 Å². The molecular formula is C15H20ClN5O. The lowest BCUT2D eigenvalue weighted by Gasteiger charge is -2.19. The van der Waals surface area contributed by atoms with Crippen molar-refractivity contribution in [1.29, 1.82) is 0 Å². The Hall–Kier alpha value is -1.92. The number of para-hydroxylation sites is 1. The number of carbonyl (C=O) groups excluding carboxylic acids is 1. The maximum Gasteiger partial charge on any atom is 0.291 e. The first-order valence-corrected chi connectivity index (χ1v) is 7.41. The fraction of sp³-hybridized carbons (Fsp3) is 0.400. The van der Waals surface area contributed by atoms with Crippen molar-refractivity contribution < 1.29 is 4.79 Å². The van der Waals surface area contributed by atoms with Crippen molar-refractivity contribution in [3.05, 3.63) is 40.9 Å². The van der Waals surface area contributed by atoms with Crippen molar-refractivity contribution in [2.45, 2.75) is 19.9 Å². The van der Waals surface area contributed by atoms with Crippen molar-refractivity contribution in [2.75, 3.05) is 20.6 Å². The van der Waals surface area contributed by atoms with Gasteiger partial charge in [0.1, 0.15) is 5.82 Å². The van der Waals surface area contributed by atoms with E-state index in [1.165, 1.54) is 0 Å². The van der Waals surface area contributed by atoms with Gasteiger partial charge in [-0.05, 0) is 40.1 Å². The standard InChI is InChI=1S/C15H20ClN5O/c1-10(20(3)4)9-17-15(22)14-18-11(2)21(19-14)13-8-6-5-7-12(13)16/h5-8,10H,9H2,1-4H3,(H,17,22). The molecule has 0 saturated carbocycles. The average molecular weight is 322 g/mol. The summed E-state index contributed by atoms with van der Waals surface area (Å²) in [5.41, 5.74) is 0.704. The number of hydrogen-bond acceptors (Lipinski definition) is 4. The molecule has 0 aliphatic rings. The van der Waals surface area contributed by atoms with Crippen LogP contribution in [0, 0.1) is 6.92 Å². The fourth-order valence-electron chi connectivity index (χ4n) is 1.84. The molecule has 118 valence electrons. The van der Waals surface area contributed by atoms with Gasteiger partial charge < -0.3 is 10.2 Å². The molecule has 1 N–H and O–H groups in total. The molecule has 22 heavy (non-hydrogen) atoms. The summed E-state index contributed by atoms with van der Waals surface area (Å²) >= 11 is 6.16. The van der Waals surface area contributed by atoms with Crippen LogP contribution in [0.15, 0.2) is 24.3 Å². The molecule has 1 heterocycles. The highest BCUT2D eigenvalue weighted by Gasteiger charge is 2.17. The molecule has 7 heteroatoms. The molecule has 1 aromatic carbocycles. The average Bonchev–Trinajstić information content (AvgIpc) is 2.86. The van der Waals surface area contributed by atoms with Gasteiger partial charge >= 0.3 is 0 Å². The molecule has 2 rings (SSSR count). The van der Waals surface area contributed by atoms with Crippen LogP contribution in [0.2, 0.25) is 5.02 Å². The van der Waals surface area contributed by atoms with Gasteiger partial charge in [-0.25, -0.2) is 9.67 Å². The van der Waals surface area contributed by atoms with E-state index in [2.05, 4.69) is 15.4 Å². The number of nitrogens with zero attached hydrogens (tertiary/aromatic N) is 4. The maximum absolute atomic E-state index is 12.2. The van der Waals surface area contributed by atoms with E-state index in [0.29, 0.717) is 23.1 Å². The number of nitrogens with one attached hydrogen (secondary N) is 1. The summed E-state index contributed by atoms with van der Waals surface area (Å²) in [5, 5.41) is 7.65. The van der Waals surface area contributed by atoms with Crippen LogP contribution in [0.1, 0.15) is 23.4 Å². The molecular weight excluding hydrogens is 302 g/mol. The van der Waals surface area contributed by atoms with Gasteiger partial charge in [-0.15, -0.1) is 5.10 Å². The third-order valence-corrected chi connectivity index (χ3v) is 3.81. The Kier molecular flexibility index (Phi) is 5.15. The van der Waals surface area contributed by atoms with E-state index in [0.717, 1.165) is 0 Å². The highest BCUT2D eigenvalue weighted by atomic mass is 35.5. The first kappa shape index (κ1) is 16.5. The second-order valence-corrected chi connectivity index (χ2v) is 5.78. The van der Waals surface area contributed by atoms with Gasteiger partial charge in [-0.3, -0.25) is 4.79 Å². The van der Waals surface area contributed by atoms with E-state index in [4.69, 9.17) is 11.6 Å². The monoisotopic (exact) mass is 321 g/mol. The van der Waals surface area contributed by atoms with E-state index in [-0.39, 0.29) is 17.8 Å². The predicted octanol–water partition coefficient (Wildman–Crippen LogP) is 1.91. The van der Waals surface area contributed by atoms with Crippen LogP contribution in [0.25, 0.3) is 5.69 Å².